The zero-order chi connectivity index (χ0) is 16.8. The van der Waals surface area contributed by atoms with Crippen LogP contribution < -0.4 is 11.1 Å². The Hall–Kier alpha value is -1.41. The predicted molar refractivity (Wildman–Crippen MR) is 82.9 cm³/mol. The van der Waals surface area contributed by atoms with Gasteiger partial charge in [0.15, 0.2) is 11.6 Å². The molecule has 7 heteroatoms. The lowest BCUT2D eigenvalue weighted by molar-refractivity contribution is -0.0468. The molecule has 24 heavy (non-hydrogen) atoms. The van der Waals surface area contributed by atoms with Crippen molar-refractivity contribution < 1.29 is 17.9 Å². The number of hydrogen-bond donors (Lipinski definition) is 2. The van der Waals surface area contributed by atoms with Crippen LogP contribution in [0.4, 0.5) is 13.2 Å². The molecule has 0 unspecified atom stereocenters. The summed E-state index contributed by atoms with van der Waals surface area (Å²) in [5.74, 6) is -3.12. The molecule has 1 saturated heterocycles. The third-order valence-corrected chi connectivity index (χ3v) is 5.21. The number of rotatable bonds is 2. The van der Waals surface area contributed by atoms with Gasteiger partial charge in [0.25, 0.3) is 0 Å². The second-order valence-electron chi connectivity index (χ2n) is 6.81. The molecule has 130 valence electrons. The van der Waals surface area contributed by atoms with Crippen molar-refractivity contribution in [2.45, 2.75) is 24.6 Å². The Morgan fingerprint density at radius 1 is 1.12 bits per heavy atom. The van der Waals surface area contributed by atoms with Gasteiger partial charge in [-0.1, -0.05) is 0 Å². The first-order valence-electron chi connectivity index (χ1n) is 8.19. The van der Waals surface area contributed by atoms with Gasteiger partial charge >= 0.3 is 0 Å². The minimum absolute atomic E-state index is 0.135. The van der Waals surface area contributed by atoms with Crippen LogP contribution in [0.2, 0.25) is 0 Å². The number of nitrogens with zero attached hydrogens (tertiary/aromatic N) is 1. The third-order valence-electron chi connectivity index (χ3n) is 5.21. The van der Waals surface area contributed by atoms with E-state index in [-0.39, 0.29) is 11.6 Å². The highest BCUT2D eigenvalue weighted by Gasteiger charge is 2.37. The number of nitrogens with two attached hydrogens (primary N) is 1. The van der Waals surface area contributed by atoms with E-state index in [0.29, 0.717) is 19.1 Å². The van der Waals surface area contributed by atoms with Gasteiger partial charge in [-0.15, -0.1) is 0 Å². The van der Waals surface area contributed by atoms with E-state index in [4.69, 9.17) is 10.5 Å². The van der Waals surface area contributed by atoms with E-state index in [2.05, 4.69) is 10.2 Å². The molecule has 4 rings (SSSR count). The van der Waals surface area contributed by atoms with E-state index in [9.17, 15) is 13.2 Å². The van der Waals surface area contributed by atoms with Gasteiger partial charge in [0.1, 0.15) is 11.9 Å². The Bertz CT molecular complexity index is 678. The Morgan fingerprint density at radius 3 is 2.50 bits per heavy atom. The summed E-state index contributed by atoms with van der Waals surface area (Å²) in [4.78, 5) is 2.32. The topological polar surface area (TPSA) is 50.5 Å². The van der Waals surface area contributed by atoms with E-state index in [1.54, 1.807) is 0 Å². The smallest absolute Gasteiger partial charge is 0.164 e. The Kier molecular flexibility index (Phi) is 4.12. The molecule has 0 amide bonds. The molecular weight excluding hydrogens is 319 g/mol. The van der Waals surface area contributed by atoms with Crippen LogP contribution in [0.1, 0.15) is 18.1 Å². The first kappa shape index (κ1) is 16.1. The summed E-state index contributed by atoms with van der Waals surface area (Å²) in [6.07, 6.45) is -0.216. The lowest BCUT2D eigenvalue weighted by Gasteiger charge is -2.39. The molecule has 0 aliphatic carbocycles. The van der Waals surface area contributed by atoms with E-state index in [0.717, 1.165) is 32.2 Å². The first-order chi connectivity index (χ1) is 11.5. The molecule has 3 heterocycles. The maximum atomic E-state index is 14.0. The number of nitrogens with one attached hydrogen (secondary N) is 1. The molecule has 1 fully saturated rings. The second-order valence-corrected chi connectivity index (χ2v) is 6.81. The zero-order valence-corrected chi connectivity index (χ0v) is 13.2. The van der Waals surface area contributed by atoms with Gasteiger partial charge in [0, 0.05) is 49.9 Å². The van der Waals surface area contributed by atoms with Crippen LogP contribution in [0.25, 0.3) is 0 Å². The molecule has 3 N–H and O–H groups in total. The van der Waals surface area contributed by atoms with E-state index in [1.807, 2.05) is 0 Å². The summed E-state index contributed by atoms with van der Waals surface area (Å²) >= 11 is 0. The van der Waals surface area contributed by atoms with Crippen LogP contribution in [-0.2, 0) is 4.74 Å². The maximum absolute atomic E-state index is 14.0. The highest BCUT2D eigenvalue weighted by Crippen LogP contribution is 2.34. The normalized spacial score (nSPS) is 30.9. The molecule has 3 aliphatic heterocycles. The van der Waals surface area contributed by atoms with Gasteiger partial charge in [-0.25, -0.2) is 13.2 Å². The lowest BCUT2D eigenvalue weighted by atomic mass is 9.93. The number of hydrogen-bond acceptors (Lipinski definition) is 4. The molecule has 0 radical (unpaired) electrons. The first-order valence-corrected chi connectivity index (χ1v) is 8.19. The molecular formula is C17H20F3N3O. The third kappa shape index (κ3) is 2.75. The van der Waals surface area contributed by atoms with Gasteiger partial charge in [-0.3, -0.25) is 4.90 Å². The summed E-state index contributed by atoms with van der Waals surface area (Å²) in [6.45, 7) is 4.04. The summed E-state index contributed by atoms with van der Waals surface area (Å²) in [6, 6.07) is 1.14. The van der Waals surface area contributed by atoms with Crippen LogP contribution in [0, 0.1) is 17.5 Å². The highest BCUT2D eigenvalue weighted by atomic mass is 19.2. The maximum Gasteiger partial charge on any atom is 0.164 e. The highest BCUT2D eigenvalue weighted by molar-refractivity contribution is 5.30. The summed E-state index contributed by atoms with van der Waals surface area (Å²) < 4.78 is 46.6. The average Bonchev–Trinajstić information content (AvgIpc) is 3.12. The van der Waals surface area contributed by atoms with E-state index >= 15 is 0 Å². The molecule has 3 atom stereocenters. The van der Waals surface area contributed by atoms with Crippen LogP contribution in [0.3, 0.4) is 0 Å². The van der Waals surface area contributed by atoms with Crippen molar-refractivity contribution in [2.75, 3.05) is 32.8 Å². The van der Waals surface area contributed by atoms with Crippen molar-refractivity contribution in [2.24, 2.45) is 5.73 Å². The number of benzene rings is 1. The SMILES string of the molecule is N[C@H]1C[C@@H](N2CC3=C(CNC3)C2)CO[C@@H]1c1cc(F)cc(F)c1F. The molecule has 0 aromatic heterocycles. The minimum Gasteiger partial charge on any atom is -0.370 e. The van der Waals surface area contributed by atoms with Crippen molar-refractivity contribution in [3.8, 4) is 0 Å². The molecule has 1 aromatic carbocycles. The van der Waals surface area contributed by atoms with E-state index in [1.165, 1.54) is 11.1 Å². The number of halogens is 3. The minimum atomic E-state index is -1.21. The Labute approximate surface area is 138 Å². The summed E-state index contributed by atoms with van der Waals surface area (Å²) in [5, 5.41) is 3.33. The van der Waals surface area contributed by atoms with Crippen LogP contribution in [0.5, 0.6) is 0 Å². The van der Waals surface area contributed by atoms with Crippen LogP contribution in [-0.4, -0.2) is 49.8 Å². The molecule has 4 nitrogen and oxygen atoms in total. The fourth-order valence-electron chi connectivity index (χ4n) is 3.96. The van der Waals surface area contributed by atoms with Crippen molar-refractivity contribution in [1.29, 1.82) is 0 Å². The second kappa shape index (κ2) is 6.15. The van der Waals surface area contributed by atoms with Gasteiger partial charge in [0.2, 0.25) is 0 Å². The molecule has 0 spiro atoms. The van der Waals surface area contributed by atoms with Crippen molar-refractivity contribution >= 4 is 0 Å². The predicted octanol–water partition coefficient (Wildman–Crippen LogP) is 1.48. The van der Waals surface area contributed by atoms with Crippen molar-refractivity contribution in [1.82, 2.24) is 10.2 Å². The Morgan fingerprint density at radius 2 is 1.83 bits per heavy atom. The van der Waals surface area contributed by atoms with Crippen molar-refractivity contribution in [3.05, 3.63) is 46.3 Å². The van der Waals surface area contributed by atoms with Crippen LogP contribution in [0.15, 0.2) is 23.3 Å². The summed E-state index contributed by atoms with van der Waals surface area (Å²) in [7, 11) is 0. The zero-order valence-electron chi connectivity index (χ0n) is 13.2. The van der Waals surface area contributed by atoms with Gasteiger partial charge in [-0.05, 0) is 23.6 Å². The Balaban J connectivity index is 1.46. The quantitative estimate of drug-likeness (QED) is 0.633. The lowest BCUT2D eigenvalue weighted by Crippen LogP contribution is -2.49. The number of ether oxygens (including phenoxy) is 1. The fraction of sp³-hybridized carbons (Fsp3) is 0.529. The van der Waals surface area contributed by atoms with Gasteiger partial charge in [0.05, 0.1) is 6.61 Å². The largest absolute Gasteiger partial charge is 0.370 e. The van der Waals surface area contributed by atoms with E-state index < -0.39 is 29.6 Å². The van der Waals surface area contributed by atoms with Crippen molar-refractivity contribution in [3.63, 3.8) is 0 Å². The van der Waals surface area contributed by atoms with Gasteiger partial charge in [-0.2, -0.15) is 0 Å². The monoisotopic (exact) mass is 339 g/mol. The summed E-state index contributed by atoms with van der Waals surface area (Å²) in [5.41, 5.74) is 8.90. The molecule has 1 aromatic rings. The molecule has 3 aliphatic rings. The average molecular weight is 339 g/mol. The van der Waals surface area contributed by atoms with Crippen LogP contribution >= 0.6 is 0 Å². The standard InChI is InChI=1S/C17H20F3N3O/c18-11-1-13(16(20)14(19)2-11)17-15(21)3-12(8-24-17)23-6-9-4-22-5-10(9)7-23/h1-2,12,15,17,22H,3-8,21H2/t12-,15+,17-/m1/s1. The molecule has 0 bridgehead atoms. The fourth-order valence-corrected chi connectivity index (χ4v) is 3.96. The molecule has 0 saturated carbocycles. The van der Waals surface area contributed by atoms with Gasteiger partial charge < -0.3 is 15.8 Å².